The molecule has 1 aromatic heterocycles. The van der Waals surface area contributed by atoms with E-state index < -0.39 is 0 Å². The lowest BCUT2D eigenvalue weighted by molar-refractivity contribution is -0.144. The molecule has 0 unspecified atom stereocenters. The quantitative estimate of drug-likeness (QED) is 0.729. The smallest absolute Gasteiger partial charge is 0.239 e. The minimum atomic E-state index is -0.204. The number of aryl methyl sites for hydroxylation is 1. The van der Waals surface area contributed by atoms with Gasteiger partial charge in [-0.15, -0.1) is 11.3 Å². The SMILES string of the molecule is Cc1ccccc1[C@H]1c2ccsc2CCN1[C@H](C)C(=O)N1CCN(C(=O)C(C)C)CC1. The Hall–Kier alpha value is -2.18. The zero-order valence-electron chi connectivity index (χ0n) is 19.0. The summed E-state index contributed by atoms with van der Waals surface area (Å²) in [7, 11) is 0. The van der Waals surface area contributed by atoms with Crippen LogP contribution in [0.15, 0.2) is 35.7 Å². The first-order valence-electron chi connectivity index (χ1n) is 11.3. The number of amides is 2. The van der Waals surface area contributed by atoms with Gasteiger partial charge in [-0.2, -0.15) is 0 Å². The molecule has 0 saturated carbocycles. The van der Waals surface area contributed by atoms with Crippen molar-refractivity contribution in [2.24, 2.45) is 5.92 Å². The van der Waals surface area contributed by atoms with Crippen molar-refractivity contribution in [3.63, 3.8) is 0 Å². The number of carbonyl (C=O) groups is 2. The van der Waals surface area contributed by atoms with Crippen LogP contribution in [0.2, 0.25) is 0 Å². The molecule has 2 amide bonds. The van der Waals surface area contributed by atoms with Crippen molar-refractivity contribution in [1.82, 2.24) is 14.7 Å². The standard InChI is InChI=1S/C25H33N3O2S/c1-17(2)24(29)26-12-14-27(15-13-26)25(30)19(4)28-11-9-22-21(10-16-31-22)23(28)20-8-6-5-7-18(20)3/h5-8,10,16-17,19,23H,9,11-15H2,1-4H3/t19-,23+/m1/s1. The highest BCUT2D eigenvalue weighted by atomic mass is 32.1. The van der Waals surface area contributed by atoms with Crippen molar-refractivity contribution in [3.8, 4) is 0 Å². The first-order valence-corrected chi connectivity index (χ1v) is 12.2. The summed E-state index contributed by atoms with van der Waals surface area (Å²) in [6.45, 7) is 11.5. The number of hydrogen-bond acceptors (Lipinski definition) is 4. The number of fused-ring (bicyclic) bond motifs is 1. The second-order valence-electron chi connectivity index (χ2n) is 9.03. The van der Waals surface area contributed by atoms with Gasteiger partial charge in [0.1, 0.15) is 0 Å². The largest absolute Gasteiger partial charge is 0.339 e. The fraction of sp³-hybridized carbons (Fsp3) is 0.520. The molecule has 2 aromatic rings. The normalized spacial score (nSPS) is 20.6. The first-order chi connectivity index (χ1) is 14.9. The molecule has 0 N–H and O–H groups in total. The zero-order chi connectivity index (χ0) is 22.1. The fourth-order valence-electron chi connectivity index (χ4n) is 4.91. The summed E-state index contributed by atoms with van der Waals surface area (Å²) in [6.07, 6.45) is 0.990. The molecular formula is C25H33N3O2S. The van der Waals surface area contributed by atoms with Crippen molar-refractivity contribution in [1.29, 1.82) is 0 Å². The van der Waals surface area contributed by atoms with Crippen molar-refractivity contribution in [3.05, 3.63) is 57.3 Å². The Balaban J connectivity index is 1.53. The van der Waals surface area contributed by atoms with E-state index in [0.29, 0.717) is 26.2 Å². The number of piperazine rings is 1. The predicted molar refractivity (Wildman–Crippen MR) is 125 cm³/mol. The molecule has 2 atom stereocenters. The van der Waals surface area contributed by atoms with Crippen LogP contribution < -0.4 is 0 Å². The van der Waals surface area contributed by atoms with Crippen LogP contribution in [0, 0.1) is 12.8 Å². The maximum atomic E-state index is 13.5. The third-order valence-electron chi connectivity index (χ3n) is 6.74. The van der Waals surface area contributed by atoms with E-state index in [-0.39, 0.29) is 29.8 Å². The molecule has 3 heterocycles. The average Bonchev–Trinajstić information content (AvgIpc) is 3.26. The summed E-state index contributed by atoms with van der Waals surface area (Å²) in [5, 5.41) is 2.18. The minimum Gasteiger partial charge on any atom is -0.339 e. The number of carbonyl (C=O) groups excluding carboxylic acids is 2. The van der Waals surface area contributed by atoms with Gasteiger partial charge < -0.3 is 9.80 Å². The number of rotatable bonds is 4. The Morgan fingerprint density at radius 3 is 2.19 bits per heavy atom. The monoisotopic (exact) mass is 439 g/mol. The summed E-state index contributed by atoms with van der Waals surface area (Å²) in [6, 6.07) is 10.7. The Bertz CT molecular complexity index is 946. The van der Waals surface area contributed by atoms with Crippen LogP contribution in [0.5, 0.6) is 0 Å². The number of nitrogens with zero attached hydrogens (tertiary/aromatic N) is 3. The molecule has 2 aliphatic rings. The van der Waals surface area contributed by atoms with E-state index in [9.17, 15) is 9.59 Å². The summed E-state index contributed by atoms with van der Waals surface area (Å²) >= 11 is 1.83. The maximum absolute atomic E-state index is 13.5. The zero-order valence-corrected chi connectivity index (χ0v) is 19.8. The van der Waals surface area contributed by atoms with Gasteiger partial charge in [-0.1, -0.05) is 38.1 Å². The highest BCUT2D eigenvalue weighted by Crippen LogP contribution is 2.40. The average molecular weight is 440 g/mol. The Morgan fingerprint density at radius 1 is 0.903 bits per heavy atom. The van der Waals surface area contributed by atoms with E-state index in [1.165, 1.54) is 21.6 Å². The Morgan fingerprint density at radius 2 is 1.55 bits per heavy atom. The van der Waals surface area contributed by atoms with Gasteiger partial charge >= 0.3 is 0 Å². The van der Waals surface area contributed by atoms with Crippen LogP contribution in [-0.2, 0) is 16.0 Å². The predicted octanol–water partition coefficient (Wildman–Crippen LogP) is 3.72. The van der Waals surface area contributed by atoms with Crippen LogP contribution in [0.1, 0.15) is 48.4 Å². The highest BCUT2D eigenvalue weighted by molar-refractivity contribution is 7.10. The third-order valence-corrected chi connectivity index (χ3v) is 7.73. The number of benzene rings is 1. The molecular weight excluding hydrogens is 406 g/mol. The molecule has 0 radical (unpaired) electrons. The van der Waals surface area contributed by atoms with Crippen LogP contribution in [0.3, 0.4) is 0 Å². The van der Waals surface area contributed by atoms with E-state index in [1.54, 1.807) is 0 Å². The van der Waals surface area contributed by atoms with E-state index in [2.05, 4.69) is 54.5 Å². The van der Waals surface area contributed by atoms with E-state index >= 15 is 0 Å². The second-order valence-corrected chi connectivity index (χ2v) is 10.0. The Kier molecular flexibility index (Phi) is 6.49. The van der Waals surface area contributed by atoms with E-state index in [1.807, 2.05) is 35.0 Å². The van der Waals surface area contributed by atoms with Crippen LogP contribution in [-0.4, -0.2) is 65.3 Å². The topological polar surface area (TPSA) is 43.9 Å². The highest BCUT2D eigenvalue weighted by Gasteiger charge is 2.38. The van der Waals surface area contributed by atoms with Crippen molar-refractivity contribution in [2.45, 2.75) is 46.2 Å². The first kappa shape index (κ1) is 22.0. The van der Waals surface area contributed by atoms with Crippen molar-refractivity contribution in [2.75, 3.05) is 32.7 Å². The van der Waals surface area contributed by atoms with Gasteiger partial charge in [0.25, 0.3) is 0 Å². The molecule has 2 aliphatic heterocycles. The fourth-order valence-corrected chi connectivity index (χ4v) is 5.82. The molecule has 1 saturated heterocycles. The molecule has 6 heteroatoms. The number of thiophene rings is 1. The van der Waals surface area contributed by atoms with Gasteiger partial charge in [0, 0.05) is 43.5 Å². The molecule has 0 spiro atoms. The summed E-state index contributed by atoms with van der Waals surface area (Å²) in [4.78, 5) is 33.5. The molecule has 5 nitrogen and oxygen atoms in total. The second kappa shape index (κ2) is 9.13. The van der Waals surface area contributed by atoms with Crippen molar-refractivity contribution >= 4 is 23.2 Å². The van der Waals surface area contributed by atoms with Gasteiger partial charge in [0.2, 0.25) is 11.8 Å². The molecule has 166 valence electrons. The van der Waals surface area contributed by atoms with Crippen LogP contribution >= 0.6 is 11.3 Å². The lowest BCUT2D eigenvalue weighted by Crippen LogP contribution is -2.56. The van der Waals surface area contributed by atoms with Gasteiger partial charge in [-0.25, -0.2) is 0 Å². The van der Waals surface area contributed by atoms with Crippen molar-refractivity contribution < 1.29 is 9.59 Å². The summed E-state index contributed by atoms with van der Waals surface area (Å²) in [5.74, 6) is 0.360. The molecule has 31 heavy (non-hydrogen) atoms. The third kappa shape index (κ3) is 4.28. The lowest BCUT2D eigenvalue weighted by Gasteiger charge is -2.43. The molecule has 1 fully saturated rings. The Labute approximate surface area is 189 Å². The van der Waals surface area contributed by atoms with E-state index in [0.717, 1.165) is 13.0 Å². The molecule has 0 bridgehead atoms. The molecule has 4 rings (SSSR count). The van der Waals surface area contributed by atoms with Gasteiger partial charge in [0.15, 0.2) is 0 Å². The van der Waals surface area contributed by atoms with Gasteiger partial charge in [-0.05, 0) is 48.4 Å². The molecule has 1 aromatic carbocycles. The minimum absolute atomic E-state index is 0.00389. The molecule has 0 aliphatic carbocycles. The van der Waals surface area contributed by atoms with Crippen LogP contribution in [0.4, 0.5) is 0 Å². The summed E-state index contributed by atoms with van der Waals surface area (Å²) < 4.78 is 0. The van der Waals surface area contributed by atoms with E-state index in [4.69, 9.17) is 0 Å². The summed E-state index contributed by atoms with van der Waals surface area (Å²) in [5.41, 5.74) is 3.89. The van der Waals surface area contributed by atoms with Crippen LogP contribution in [0.25, 0.3) is 0 Å². The van der Waals surface area contributed by atoms with Gasteiger partial charge in [-0.3, -0.25) is 14.5 Å². The maximum Gasteiger partial charge on any atom is 0.239 e. The lowest BCUT2D eigenvalue weighted by atomic mass is 9.89. The van der Waals surface area contributed by atoms with Gasteiger partial charge in [0.05, 0.1) is 12.1 Å². The number of hydrogen-bond donors (Lipinski definition) is 0.